The molecular weight excluding hydrogens is 244 g/mol. The molecular formula is C14H24N2OS. The predicted molar refractivity (Wildman–Crippen MR) is 77.6 cm³/mol. The van der Waals surface area contributed by atoms with Crippen molar-refractivity contribution in [2.24, 2.45) is 11.1 Å². The molecule has 0 saturated heterocycles. The first kappa shape index (κ1) is 15.2. The third-order valence-electron chi connectivity index (χ3n) is 4.05. The number of nitrogens with two attached hydrogens (primary N) is 1. The molecule has 0 spiro atoms. The predicted octanol–water partition coefficient (Wildman–Crippen LogP) is 3.03. The van der Waals surface area contributed by atoms with Gasteiger partial charge in [-0.2, -0.15) is 0 Å². The Hall–Kier alpha value is -0.870. The number of rotatable bonds is 6. The molecule has 1 heterocycles. The zero-order chi connectivity index (χ0) is 13.8. The van der Waals surface area contributed by atoms with Gasteiger partial charge in [-0.25, -0.2) is 0 Å². The fraction of sp³-hybridized carbons (Fsp3) is 0.643. The SMILES string of the molecule is CCC(CC)(CN)C(=O)N(C)C(C)c1cccs1. The lowest BCUT2D eigenvalue weighted by molar-refractivity contribution is -0.142. The monoisotopic (exact) mass is 268 g/mol. The first-order chi connectivity index (χ1) is 8.52. The Kier molecular flexibility index (Phi) is 5.35. The minimum atomic E-state index is -0.403. The van der Waals surface area contributed by atoms with E-state index < -0.39 is 5.41 Å². The van der Waals surface area contributed by atoms with Crippen LogP contribution in [0.1, 0.15) is 44.5 Å². The smallest absolute Gasteiger partial charge is 0.230 e. The van der Waals surface area contributed by atoms with E-state index in [4.69, 9.17) is 5.73 Å². The molecule has 3 nitrogen and oxygen atoms in total. The summed E-state index contributed by atoms with van der Waals surface area (Å²) in [4.78, 5) is 15.7. The van der Waals surface area contributed by atoms with E-state index in [1.54, 1.807) is 11.3 Å². The number of nitrogens with zero attached hydrogens (tertiary/aromatic N) is 1. The highest BCUT2D eigenvalue weighted by Crippen LogP contribution is 2.32. The van der Waals surface area contributed by atoms with E-state index in [0.29, 0.717) is 6.54 Å². The van der Waals surface area contributed by atoms with Crippen LogP contribution in [0.2, 0.25) is 0 Å². The molecule has 0 aliphatic rings. The highest BCUT2D eigenvalue weighted by atomic mass is 32.1. The molecule has 1 aromatic rings. The fourth-order valence-electron chi connectivity index (χ4n) is 2.20. The Bertz CT molecular complexity index is 363. The molecule has 1 rings (SSSR count). The van der Waals surface area contributed by atoms with Gasteiger partial charge in [0.2, 0.25) is 5.91 Å². The van der Waals surface area contributed by atoms with Gasteiger partial charge in [-0.3, -0.25) is 4.79 Å². The highest BCUT2D eigenvalue weighted by Gasteiger charge is 2.37. The van der Waals surface area contributed by atoms with E-state index in [9.17, 15) is 4.79 Å². The van der Waals surface area contributed by atoms with Crippen molar-refractivity contribution in [1.82, 2.24) is 4.90 Å². The third kappa shape index (κ3) is 2.75. The van der Waals surface area contributed by atoms with Crippen LogP contribution in [0.4, 0.5) is 0 Å². The number of hydrogen-bond donors (Lipinski definition) is 1. The summed E-state index contributed by atoms with van der Waals surface area (Å²) in [6.07, 6.45) is 1.58. The van der Waals surface area contributed by atoms with Gasteiger partial charge < -0.3 is 10.6 Å². The maximum Gasteiger partial charge on any atom is 0.230 e. The molecule has 0 bridgehead atoms. The topological polar surface area (TPSA) is 46.3 Å². The van der Waals surface area contributed by atoms with Crippen molar-refractivity contribution >= 4 is 17.2 Å². The van der Waals surface area contributed by atoms with Crippen LogP contribution in [0.3, 0.4) is 0 Å². The standard InChI is InChI=1S/C14H24N2OS/c1-5-14(6-2,10-15)13(17)16(4)11(3)12-8-7-9-18-12/h7-9,11H,5-6,10,15H2,1-4H3. The summed E-state index contributed by atoms with van der Waals surface area (Å²) >= 11 is 1.69. The average molecular weight is 268 g/mol. The molecule has 4 heteroatoms. The van der Waals surface area contributed by atoms with Gasteiger partial charge in [0.1, 0.15) is 0 Å². The van der Waals surface area contributed by atoms with Gasteiger partial charge in [0.15, 0.2) is 0 Å². The Morgan fingerprint density at radius 3 is 2.50 bits per heavy atom. The van der Waals surface area contributed by atoms with Crippen molar-refractivity contribution in [3.05, 3.63) is 22.4 Å². The van der Waals surface area contributed by atoms with Gasteiger partial charge in [0.05, 0.1) is 11.5 Å². The van der Waals surface area contributed by atoms with Crippen molar-refractivity contribution in [3.63, 3.8) is 0 Å². The third-order valence-corrected chi connectivity index (χ3v) is 5.10. The van der Waals surface area contributed by atoms with E-state index in [1.807, 2.05) is 37.2 Å². The molecule has 0 fully saturated rings. The quantitative estimate of drug-likeness (QED) is 0.862. The van der Waals surface area contributed by atoms with Crippen LogP contribution in [0, 0.1) is 5.41 Å². The van der Waals surface area contributed by atoms with E-state index in [-0.39, 0.29) is 11.9 Å². The minimum absolute atomic E-state index is 0.113. The van der Waals surface area contributed by atoms with Gasteiger partial charge >= 0.3 is 0 Å². The summed E-state index contributed by atoms with van der Waals surface area (Å²) in [5.41, 5.74) is 5.44. The van der Waals surface area contributed by atoms with Crippen LogP contribution in [-0.2, 0) is 4.79 Å². The van der Waals surface area contributed by atoms with Crippen molar-refractivity contribution in [3.8, 4) is 0 Å². The van der Waals surface area contributed by atoms with E-state index in [1.165, 1.54) is 4.88 Å². The Balaban J connectivity index is 2.89. The normalized spacial score (nSPS) is 13.4. The fourth-order valence-corrected chi connectivity index (χ4v) is 3.02. The summed E-state index contributed by atoms with van der Waals surface area (Å²) in [5, 5.41) is 2.04. The van der Waals surface area contributed by atoms with Gasteiger partial charge in [-0.1, -0.05) is 19.9 Å². The number of amides is 1. The molecule has 1 unspecified atom stereocenters. The Morgan fingerprint density at radius 1 is 1.50 bits per heavy atom. The van der Waals surface area contributed by atoms with Gasteiger partial charge in [-0.05, 0) is 31.2 Å². The van der Waals surface area contributed by atoms with Crippen molar-refractivity contribution < 1.29 is 4.79 Å². The number of carbonyl (C=O) groups is 1. The largest absolute Gasteiger partial charge is 0.338 e. The van der Waals surface area contributed by atoms with E-state index in [2.05, 4.69) is 13.0 Å². The first-order valence-electron chi connectivity index (χ1n) is 6.53. The molecule has 18 heavy (non-hydrogen) atoms. The first-order valence-corrected chi connectivity index (χ1v) is 7.41. The molecule has 102 valence electrons. The minimum Gasteiger partial charge on any atom is -0.338 e. The van der Waals surface area contributed by atoms with Gasteiger partial charge in [-0.15, -0.1) is 11.3 Å². The lowest BCUT2D eigenvalue weighted by atomic mass is 9.80. The lowest BCUT2D eigenvalue weighted by Gasteiger charge is -2.36. The van der Waals surface area contributed by atoms with Gasteiger partial charge in [0.25, 0.3) is 0 Å². The molecule has 1 atom stereocenters. The van der Waals surface area contributed by atoms with Gasteiger partial charge in [0, 0.05) is 18.5 Å². The summed E-state index contributed by atoms with van der Waals surface area (Å²) < 4.78 is 0. The molecule has 1 aromatic heterocycles. The Labute approximate surface area is 114 Å². The van der Waals surface area contributed by atoms with E-state index in [0.717, 1.165) is 12.8 Å². The molecule has 2 N–H and O–H groups in total. The van der Waals surface area contributed by atoms with Crippen LogP contribution >= 0.6 is 11.3 Å². The number of thiophene rings is 1. The van der Waals surface area contributed by atoms with Crippen LogP contribution < -0.4 is 5.73 Å². The second-order valence-electron chi connectivity index (χ2n) is 4.80. The average Bonchev–Trinajstić information content (AvgIpc) is 2.93. The van der Waals surface area contributed by atoms with Crippen LogP contribution in [-0.4, -0.2) is 24.4 Å². The maximum atomic E-state index is 12.6. The molecule has 1 amide bonds. The lowest BCUT2D eigenvalue weighted by Crippen LogP contribution is -2.46. The van der Waals surface area contributed by atoms with Crippen molar-refractivity contribution in [2.45, 2.75) is 39.7 Å². The Morgan fingerprint density at radius 2 is 2.11 bits per heavy atom. The highest BCUT2D eigenvalue weighted by molar-refractivity contribution is 7.10. The summed E-state index contributed by atoms with van der Waals surface area (Å²) in [6, 6.07) is 4.20. The van der Waals surface area contributed by atoms with Crippen molar-refractivity contribution in [1.29, 1.82) is 0 Å². The molecule has 0 saturated carbocycles. The molecule has 0 aliphatic carbocycles. The van der Waals surface area contributed by atoms with Crippen LogP contribution in [0.15, 0.2) is 17.5 Å². The molecule has 0 radical (unpaired) electrons. The molecule has 0 aliphatic heterocycles. The summed E-state index contributed by atoms with van der Waals surface area (Å²) in [6.45, 7) is 6.56. The van der Waals surface area contributed by atoms with E-state index >= 15 is 0 Å². The zero-order valence-electron chi connectivity index (χ0n) is 11.8. The second kappa shape index (κ2) is 6.34. The van der Waals surface area contributed by atoms with Crippen molar-refractivity contribution in [2.75, 3.05) is 13.6 Å². The molecule has 0 aromatic carbocycles. The van der Waals surface area contributed by atoms with Crippen LogP contribution in [0.25, 0.3) is 0 Å². The zero-order valence-corrected chi connectivity index (χ0v) is 12.6. The number of hydrogen-bond acceptors (Lipinski definition) is 3. The second-order valence-corrected chi connectivity index (χ2v) is 5.78. The summed E-state index contributed by atoms with van der Waals surface area (Å²) in [7, 11) is 1.88. The summed E-state index contributed by atoms with van der Waals surface area (Å²) in [5.74, 6) is 0.163. The number of carbonyl (C=O) groups excluding carboxylic acids is 1. The maximum absolute atomic E-state index is 12.6. The van der Waals surface area contributed by atoms with Crippen LogP contribution in [0.5, 0.6) is 0 Å².